The van der Waals surface area contributed by atoms with Crippen LogP contribution in [0.15, 0.2) is 213 Å². The average molecular weight is 702 g/mol. The van der Waals surface area contributed by atoms with Crippen molar-refractivity contribution in [2.24, 2.45) is 0 Å². The summed E-state index contributed by atoms with van der Waals surface area (Å²) in [5, 5.41) is 7.56. The molecular weight excluding hydrogens is 667 g/mol. The van der Waals surface area contributed by atoms with Crippen LogP contribution in [0.4, 0.5) is 17.1 Å². The second-order valence-corrected chi connectivity index (χ2v) is 13.8. The number of hydrogen-bond acceptors (Lipinski definition) is 3. The summed E-state index contributed by atoms with van der Waals surface area (Å²) in [6.45, 7) is 0. The van der Waals surface area contributed by atoms with Gasteiger partial charge in [-0.15, -0.1) is 0 Å². The second kappa shape index (κ2) is 13.9. The number of nitrogens with zero attached hydrogens (tertiary/aromatic N) is 3. The van der Waals surface area contributed by atoms with Gasteiger partial charge in [-0.25, -0.2) is 9.97 Å². The molecule has 9 aromatic carbocycles. The van der Waals surface area contributed by atoms with Gasteiger partial charge in [0.2, 0.25) is 0 Å². The maximum absolute atomic E-state index is 4.43. The van der Waals surface area contributed by atoms with E-state index in [1.807, 2.05) is 6.07 Å². The molecule has 0 spiro atoms. The number of hydrogen-bond donors (Lipinski definition) is 0. The predicted molar refractivity (Wildman–Crippen MR) is 231 cm³/mol. The van der Waals surface area contributed by atoms with E-state index < -0.39 is 0 Å². The monoisotopic (exact) mass is 701 g/mol. The van der Waals surface area contributed by atoms with E-state index in [0.717, 1.165) is 28.5 Å². The van der Waals surface area contributed by atoms with Gasteiger partial charge in [-0.2, -0.15) is 0 Å². The molecule has 0 aliphatic carbocycles. The molecule has 0 atom stereocenters. The van der Waals surface area contributed by atoms with Crippen molar-refractivity contribution in [2.45, 2.75) is 0 Å². The van der Waals surface area contributed by atoms with Crippen molar-refractivity contribution in [3.63, 3.8) is 0 Å². The van der Waals surface area contributed by atoms with Gasteiger partial charge in [-0.05, 0) is 120 Å². The van der Waals surface area contributed by atoms with E-state index in [0.29, 0.717) is 0 Å². The molecule has 0 amide bonds. The zero-order valence-corrected chi connectivity index (χ0v) is 30.0. The van der Waals surface area contributed by atoms with Gasteiger partial charge in [-0.3, -0.25) is 0 Å². The molecule has 0 fully saturated rings. The normalized spacial score (nSPS) is 11.3. The van der Waals surface area contributed by atoms with E-state index in [1.165, 1.54) is 65.7 Å². The Kier molecular flexibility index (Phi) is 8.16. The first-order valence-electron chi connectivity index (χ1n) is 18.7. The van der Waals surface area contributed by atoms with Crippen molar-refractivity contribution in [3.8, 4) is 44.8 Å². The van der Waals surface area contributed by atoms with Crippen LogP contribution < -0.4 is 4.90 Å². The van der Waals surface area contributed by atoms with Gasteiger partial charge in [0.1, 0.15) is 0 Å². The second-order valence-electron chi connectivity index (χ2n) is 13.8. The molecule has 10 aromatic rings. The molecule has 0 unspecified atom stereocenters. The molecule has 0 saturated carbocycles. The molecule has 258 valence electrons. The van der Waals surface area contributed by atoms with Crippen LogP contribution in [-0.2, 0) is 0 Å². The maximum atomic E-state index is 4.43. The molecule has 1 aromatic heterocycles. The minimum absolute atomic E-state index is 0.718. The first-order valence-corrected chi connectivity index (χ1v) is 18.7. The topological polar surface area (TPSA) is 29.0 Å². The number of rotatable bonds is 7. The third-order valence-electron chi connectivity index (χ3n) is 10.6. The summed E-state index contributed by atoms with van der Waals surface area (Å²) in [6, 6.07) is 71.8. The minimum atomic E-state index is 0.718. The van der Waals surface area contributed by atoms with E-state index >= 15 is 0 Å². The van der Waals surface area contributed by atoms with E-state index in [1.54, 1.807) is 12.4 Å². The lowest BCUT2D eigenvalue weighted by atomic mass is 9.84. The molecule has 0 saturated heterocycles. The van der Waals surface area contributed by atoms with Gasteiger partial charge in [0.15, 0.2) is 5.82 Å². The SMILES string of the molecule is c1ccc(N(c2ccc(-c3ccc(-c4c5ccccc5c(-c5cccc6ccccc56)c5ccccc45)cc3)cc2)c2ccc(-c3ncccn3)cc2)cc1. The number of anilines is 3. The molecule has 3 heteroatoms. The molecule has 0 aliphatic rings. The summed E-state index contributed by atoms with van der Waals surface area (Å²) < 4.78 is 0. The lowest BCUT2D eigenvalue weighted by Crippen LogP contribution is -2.09. The Morgan fingerprint density at radius 1 is 0.291 bits per heavy atom. The Labute approximate surface area is 320 Å². The van der Waals surface area contributed by atoms with Gasteiger partial charge >= 0.3 is 0 Å². The van der Waals surface area contributed by atoms with Crippen molar-refractivity contribution in [1.29, 1.82) is 0 Å². The van der Waals surface area contributed by atoms with E-state index in [9.17, 15) is 0 Å². The van der Waals surface area contributed by atoms with Crippen LogP contribution in [0, 0.1) is 0 Å². The highest BCUT2D eigenvalue weighted by molar-refractivity contribution is 6.23. The third-order valence-corrected chi connectivity index (χ3v) is 10.6. The summed E-state index contributed by atoms with van der Waals surface area (Å²) in [5.41, 5.74) is 11.6. The van der Waals surface area contributed by atoms with E-state index in [-0.39, 0.29) is 0 Å². The summed E-state index contributed by atoms with van der Waals surface area (Å²) >= 11 is 0. The first-order chi connectivity index (χ1) is 27.3. The molecule has 0 aliphatic heterocycles. The third kappa shape index (κ3) is 5.89. The number of aromatic nitrogens is 2. The summed E-state index contributed by atoms with van der Waals surface area (Å²) in [7, 11) is 0. The Hall–Kier alpha value is -7.36. The predicted octanol–water partition coefficient (Wildman–Crippen LogP) is 14.1. The molecular formula is C52H35N3. The molecule has 10 rings (SSSR count). The summed E-state index contributed by atoms with van der Waals surface area (Å²) in [6.07, 6.45) is 3.55. The van der Waals surface area contributed by atoms with E-state index in [2.05, 4.69) is 209 Å². The molecule has 1 heterocycles. The zero-order chi connectivity index (χ0) is 36.6. The lowest BCUT2D eigenvalue weighted by Gasteiger charge is -2.25. The molecule has 0 N–H and O–H groups in total. The summed E-state index contributed by atoms with van der Waals surface area (Å²) in [5.74, 6) is 0.718. The van der Waals surface area contributed by atoms with E-state index in [4.69, 9.17) is 0 Å². The number of para-hydroxylation sites is 1. The fraction of sp³-hybridized carbons (Fsp3) is 0. The van der Waals surface area contributed by atoms with Crippen LogP contribution in [0.25, 0.3) is 77.1 Å². The van der Waals surface area contributed by atoms with Crippen molar-refractivity contribution in [2.75, 3.05) is 4.90 Å². The first kappa shape index (κ1) is 32.3. The highest BCUT2D eigenvalue weighted by Crippen LogP contribution is 2.45. The highest BCUT2D eigenvalue weighted by Gasteiger charge is 2.18. The fourth-order valence-corrected chi connectivity index (χ4v) is 8.04. The lowest BCUT2D eigenvalue weighted by molar-refractivity contribution is 1.17. The van der Waals surface area contributed by atoms with Gasteiger partial charge in [0.05, 0.1) is 0 Å². The quantitative estimate of drug-likeness (QED) is 0.155. The highest BCUT2D eigenvalue weighted by atomic mass is 15.1. The standard InChI is InChI=1S/C52H35N3/c1-2-14-41(15-3-1)55(43-32-28-40(29-33-43)52-53-34-11-35-54-52)42-30-26-37(27-31-42)36-22-24-39(25-23-36)50-46-17-6-8-19-48(46)51(49-20-9-7-18-47(49)50)45-21-10-13-38-12-4-5-16-44(38)45/h1-35H. The van der Waals surface area contributed by atoms with Crippen LogP contribution in [0.3, 0.4) is 0 Å². The number of benzene rings is 9. The zero-order valence-electron chi connectivity index (χ0n) is 30.0. The van der Waals surface area contributed by atoms with Gasteiger partial charge < -0.3 is 4.90 Å². The van der Waals surface area contributed by atoms with Crippen molar-refractivity contribution >= 4 is 49.4 Å². The Morgan fingerprint density at radius 3 is 1.33 bits per heavy atom. The largest absolute Gasteiger partial charge is 0.311 e. The Balaban J connectivity index is 1.02. The Bertz CT molecular complexity index is 2880. The van der Waals surface area contributed by atoms with Gasteiger partial charge in [0.25, 0.3) is 0 Å². The molecule has 0 radical (unpaired) electrons. The minimum Gasteiger partial charge on any atom is -0.311 e. The van der Waals surface area contributed by atoms with Crippen LogP contribution in [0.2, 0.25) is 0 Å². The van der Waals surface area contributed by atoms with Crippen LogP contribution in [0.1, 0.15) is 0 Å². The van der Waals surface area contributed by atoms with Crippen LogP contribution in [0.5, 0.6) is 0 Å². The van der Waals surface area contributed by atoms with Crippen molar-refractivity contribution < 1.29 is 0 Å². The van der Waals surface area contributed by atoms with Gasteiger partial charge in [0, 0.05) is 35.0 Å². The molecule has 3 nitrogen and oxygen atoms in total. The van der Waals surface area contributed by atoms with Crippen molar-refractivity contribution in [3.05, 3.63) is 213 Å². The summed E-state index contributed by atoms with van der Waals surface area (Å²) in [4.78, 5) is 11.1. The van der Waals surface area contributed by atoms with Crippen LogP contribution >= 0.6 is 0 Å². The smallest absolute Gasteiger partial charge is 0.159 e. The average Bonchev–Trinajstić information content (AvgIpc) is 3.27. The fourth-order valence-electron chi connectivity index (χ4n) is 8.04. The molecule has 55 heavy (non-hydrogen) atoms. The van der Waals surface area contributed by atoms with Gasteiger partial charge in [-0.1, -0.05) is 146 Å². The number of fused-ring (bicyclic) bond motifs is 3. The maximum Gasteiger partial charge on any atom is 0.159 e. The Morgan fingerprint density at radius 2 is 0.727 bits per heavy atom. The van der Waals surface area contributed by atoms with Crippen LogP contribution in [-0.4, -0.2) is 9.97 Å². The van der Waals surface area contributed by atoms with Crippen molar-refractivity contribution in [1.82, 2.24) is 9.97 Å². The molecule has 0 bridgehead atoms.